The number of rotatable bonds is 2. The number of nitrogens with zero attached hydrogens (tertiary/aromatic N) is 5. The smallest absolute Gasteiger partial charge is 0.149 e. The molecule has 0 amide bonds. The highest BCUT2D eigenvalue weighted by Gasteiger charge is 2.50. The molecule has 1 aromatic rings. The minimum atomic E-state index is -0.0211. The van der Waals surface area contributed by atoms with Crippen LogP contribution < -0.4 is 10.6 Å². The van der Waals surface area contributed by atoms with E-state index in [1.165, 1.54) is 0 Å². The zero-order chi connectivity index (χ0) is 18.4. The van der Waals surface area contributed by atoms with Gasteiger partial charge in [-0.3, -0.25) is 0 Å². The van der Waals surface area contributed by atoms with Gasteiger partial charge < -0.3 is 10.6 Å². The van der Waals surface area contributed by atoms with E-state index in [-0.39, 0.29) is 28.6 Å². The summed E-state index contributed by atoms with van der Waals surface area (Å²) in [5, 5.41) is 28.2. The predicted octanol–water partition coefficient (Wildman–Crippen LogP) is 2.88. The van der Waals surface area contributed by atoms with Crippen molar-refractivity contribution in [1.29, 1.82) is 15.8 Å². The van der Waals surface area contributed by atoms with Crippen LogP contribution in [0.4, 0.5) is 11.6 Å². The molecule has 0 spiro atoms. The Balaban J connectivity index is 2.15. The largest absolute Gasteiger partial charge is 0.383 e. The number of nitrogens with two attached hydrogens (primary N) is 1. The highest BCUT2D eigenvalue weighted by Crippen LogP contribution is 2.53. The van der Waals surface area contributed by atoms with Gasteiger partial charge in [-0.15, -0.1) is 0 Å². The fraction of sp³-hybridized carbons (Fsp3) is 0.579. The molecule has 2 bridgehead atoms. The molecule has 2 aliphatic rings. The van der Waals surface area contributed by atoms with Crippen LogP contribution in [0, 0.1) is 44.8 Å². The van der Waals surface area contributed by atoms with Gasteiger partial charge in [0.25, 0.3) is 0 Å². The molecule has 2 atom stereocenters. The molecular weight excluding hydrogens is 312 g/mol. The Hall–Kier alpha value is -2.78. The number of hydrogen-bond donors (Lipinski definition) is 1. The topological polar surface area (TPSA) is 114 Å². The van der Waals surface area contributed by atoms with Gasteiger partial charge in [0.2, 0.25) is 0 Å². The number of fused-ring (bicyclic) bond motifs is 2. The number of hydrogen-bond acceptors (Lipinski definition) is 6. The molecule has 25 heavy (non-hydrogen) atoms. The highest BCUT2D eigenvalue weighted by atomic mass is 15.3. The minimum Gasteiger partial charge on any atom is -0.383 e. The maximum absolute atomic E-state index is 9.73. The zero-order valence-electron chi connectivity index (χ0n) is 14.9. The van der Waals surface area contributed by atoms with Crippen molar-refractivity contribution < 1.29 is 0 Å². The maximum atomic E-state index is 9.73. The molecule has 0 radical (unpaired) electrons. The van der Waals surface area contributed by atoms with E-state index in [2.05, 4.69) is 36.7 Å². The van der Waals surface area contributed by atoms with Crippen LogP contribution in [0.3, 0.4) is 0 Å². The van der Waals surface area contributed by atoms with Crippen LogP contribution in [-0.2, 0) is 6.42 Å². The van der Waals surface area contributed by atoms with Crippen molar-refractivity contribution in [3.05, 3.63) is 16.7 Å². The van der Waals surface area contributed by atoms with Gasteiger partial charge in [0.15, 0.2) is 0 Å². The van der Waals surface area contributed by atoms with E-state index in [1.54, 1.807) is 0 Å². The van der Waals surface area contributed by atoms with Crippen molar-refractivity contribution in [1.82, 2.24) is 4.98 Å². The molecule has 3 rings (SSSR count). The van der Waals surface area contributed by atoms with Gasteiger partial charge in [0.05, 0.1) is 18.1 Å². The molecule has 0 unspecified atom stereocenters. The second-order valence-corrected chi connectivity index (χ2v) is 8.45. The molecular formula is C19H22N6. The van der Waals surface area contributed by atoms with E-state index < -0.39 is 0 Å². The Bertz CT molecular complexity index is 851. The summed E-state index contributed by atoms with van der Waals surface area (Å²) in [6.07, 6.45) is 3.21. The third kappa shape index (κ3) is 2.77. The van der Waals surface area contributed by atoms with E-state index in [1.807, 2.05) is 12.1 Å². The van der Waals surface area contributed by atoms with Crippen molar-refractivity contribution in [2.45, 2.75) is 52.5 Å². The molecule has 2 heterocycles. The molecule has 0 aromatic carbocycles. The normalized spacial score (nSPS) is 26.6. The van der Waals surface area contributed by atoms with Gasteiger partial charge in [0, 0.05) is 18.2 Å². The molecule has 2 fully saturated rings. The number of anilines is 2. The van der Waals surface area contributed by atoms with Gasteiger partial charge in [0.1, 0.15) is 29.3 Å². The van der Waals surface area contributed by atoms with E-state index >= 15 is 0 Å². The van der Waals surface area contributed by atoms with Gasteiger partial charge in [-0.2, -0.15) is 15.8 Å². The third-order valence-electron chi connectivity index (χ3n) is 5.48. The fourth-order valence-corrected chi connectivity index (χ4v) is 5.05. The Morgan fingerprint density at radius 2 is 1.84 bits per heavy atom. The first-order chi connectivity index (χ1) is 11.7. The molecule has 6 heteroatoms. The van der Waals surface area contributed by atoms with E-state index in [9.17, 15) is 10.5 Å². The molecule has 2 N–H and O–H groups in total. The molecule has 1 saturated heterocycles. The first-order valence-corrected chi connectivity index (χ1v) is 8.50. The van der Waals surface area contributed by atoms with E-state index in [4.69, 9.17) is 11.0 Å². The standard InChI is InChI=1S/C19H22N6/c1-18(2)6-12-7-19(3,10-18)11-25(12)17-15(9-22)13(4-5-20)14(8-21)16(23)24-17/h12H,4,6-7,10-11H2,1-3H3,(H2,23,24)/t12-,19-/m1/s1. The zero-order valence-corrected chi connectivity index (χ0v) is 14.9. The van der Waals surface area contributed by atoms with Crippen molar-refractivity contribution >= 4 is 11.6 Å². The van der Waals surface area contributed by atoms with E-state index in [0.717, 1.165) is 25.8 Å². The lowest BCUT2D eigenvalue weighted by atomic mass is 9.65. The number of nitrogen functional groups attached to an aromatic ring is 1. The summed E-state index contributed by atoms with van der Waals surface area (Å²) in [7, 11) is 0. The number of pyridine rings is 1. The summed E-state index contributed by atoms with van der Waals surface area (Å²) >= 11 is 0. The SMILES string of the molecule is CC1(C)C[C@@H]2C[C@@](C)(CN2c2nc(N)c(C#N)c(CC#N)c2C#N)C1. The fourth-order valence-electron chi connectivity index (χ4n) is 5.05. The van der Waals surface area contributed by atoms with Crippen molar-refractivity contribution in [3.8, 4) is 18.2 Å². The molecule has 6 nitrogen and oxygen atoms in total. The Morgan fingerprint density at radius 1 is 1.16 bits per heavy atom. The summed E-state index contributed by atoms with van der Waals surface area (Å²) < 4.78 is 0. The number of aromatic nitrogens is 1. The summed E-state index contributed by atoms with van der Waals surface area (Å²) in [5.41, 5.74) is 7.29. The Kier molecular flexibility index (Phi) is 3.85. The Morgan fingerprint density at radius 3 is 2.44 bits per heavy atom. The van der Waals surface area contributed by atoms with Gasteiger partial charge >= 0.3 is 0 Å². The van der Waals surface area contributed by atoms with Crippen LogP contribution in [0.25, 0.3) is 0 Å². The van der Waals surface area contributed by atoms with Crippen molar-refractivity contribution in [3.63, 3.8) is 0 Å². The van der Waals surface area contributed by atoms with Crippen LogP contribution in [0.1, 0.15) is 56.7 Å². The van der Waals surface area contributed by atoms with Crippen LogP contribution in [0.2, 0.25) is 0 Å². The van der Waals surface area contributed by atoms with Crippen LogP contribution >= 0.6 is 0 Å². The van der Waals surface area contributed by atoms with E-state index in [0.29, 0.717) is 23.0 Å². The second kappa shape index (κ2) is 5.64. The summed E-state index contributed by atoms with van der Waals surface area (Å²) in [6.45, 7) is 7.68. The Labute approximate surface area is 148 Å². The maximum Gasteiger partial charge on any atom is 0.149 e. The average molecular weight is 334 g/mol. The second-order valence-electron chi connectivity index (χ2n) is 8.45. The molecule has 1 saturated carbocycles. The lowest BCUT2D eigenvalue weighted by Gasteiger charge is -2.39. The molecule has 128 valence electrons. The average Bonchev–Trinajstić information content (AvgIpc) is 2.76. The van der Waals surface area contributed by atoms with Crippen LogP contribution in [-0.4, -0.2) is 17.6 Å². The van der Waals surface area contributed by atoms with Gasteiger partial charge in [-0.1, -0.05) is 20.8 Å². The third-order valence-corrected chi connectivity index (χ3v) is 5.48. The first kappa shape index (κ1) is 17.1. The quantitative estimate of drug-likeness (QED) is 0.889. The summed E-state index contributed by atoms with van der Waals surface area (Å²) in [6, 6.07) is 6.52. The van der Waals surface area contributed by atoms with Crippen molar-refractivity contribution in [2.24, 2.45) is 10.8 Å². The highest BCUT2D eigenvalue weighted by molar-refractivity contribution is 5.69. The van der Waals surface area contributed by atoms with Gasteiger partial charge in [-0.25, -0.2) is 4.98 Å². The lowest BCUT2D eigenvalue weighted by Crippen LogP contribution is -2.35. The summed E-state index contributed by atoms with van der Waals surface area (Å²) in [4.78, 5) is 6.61. The molecule has 1 aliphatic carbocycles. The first-order valence-electron chi connectivity index (χ1n) is 8.50. The molecule has 1 aromatic heterocycles. The minimum absolute atomic E-state index is 0.0211. The lowest BCUT2D eigenvalue weighted by molar-refractivity contribution is 0.136. The predicted molar refractivity (Wildman–Crippen MR) is 94.3 cm³/mol. The number of nitriles is 3. The van der Waals surface area contributed by atoms with Crippen LogP contribution in [0.15, 0.2) is 0 Å². The molecule has 1 aliphatic heterocycles. The van der Waals surface area contributed by atoms with Crippen molar-refractivity contribution in [2.75, 3.05) is 17.2 Å². The monoisotopic (exact) mass is 334 g/mol. The van der Waals surface area contributed by atoms with Crippen LogP contribution in [0.5, 0.6) is 0 Å². The summed E-state index contributed by atoms with van der Waals surface area (Å²) in [5.74, 6) is 0.642. The van der Waals surface area contributed by atoms with Gasteiger partial charge in [-0.05, 0) is 30.1 Å².